The van der Waals surface area contributed by atoms with Gasteiger partial charge in [-0.05, 0) is 76.8 Å². The number of carbonyl (C=O) groups excluding carboxylic acids is 3. The summed E-state index contributed by atoms with van der Waals surface area (Å²) in [4.78, 5) is 65.8. The van der Waals surface area contributed by atoms with Gasteiger partial charge in [0.1, 0.15) is 35.1 Å². The number of carboxylic acids is 1. The highest BCUT2D eigenvalue weighted by molar-refractivity contribution is 7.14. The number of thiazole rings is 1. The molecule has 2 unspecified atom stereocenters. The van der Waals surface area contributed by atoms with E-state index in [-0.39, 0.29) is 55.8 Å². The summed E-state index contributed by atoms with van der Waals surface area (Å²) < 4.78 is 12.2. The number of aromatic nitrogens is 2. The number of aliphatic carboxylic acids is 1. The van der Waals surface area contributed by atoms with Crippen molar-refractivity contribution in [2.75, 3.05) is 38.6 Å². The van der Waals surface area contributed by atoms with Gasteiger partial charge in [0, 0.05) is 67.3 Å². The SMILES string of the molecule is C=CCCCC/C=C\C1C[C@]1(NC(=O)[C@@H]1C[C@@H](Oc2cc(-c3csc(NC(C)C)n3)nc3cc(OC)ccc23)CN1C(O)CNC(=O)N[C@H](CN1CCCCC1=O)C(C)C)C(=O)O. The zero-order valence-electron chi connectivity index (χ0n) is 37.1. The normalized spacial score (nSPS) is 22.3. The number of nitrogens with one attached hydrogen (secondary N) is 4. The van der Waals surface area contributed by atoms with Crippen molar-refractivity contribution in [2.45, 2.75) is 121 Å². The predicted molar refractivity (Wildman–Crippen MR) is 244 cm³/mol. The second-order valence-corrected chi connectivity index (χ2v) is 18.3. The molecule has 3 fully saturated rings. The van der Waals surface area contributed by atoms with Gasteiger partial charge in [-0.3, -0.25) is 14.5 Å². The number of rotatable bonds is 22. The fourth-order valence-electron chi connectivity index (χ4n) is 8.22. The summed E-state index contributed by atoms with van der Waals surface area (Å²) in [5.41, 5.74) is 0.345. The van der Waals surface area contributed by atoms with Gasteiger partial charge in [0.2, 0.25) is 11.8 Å². The minimum atomic E-state index is -1.48. The second kappa shape index (κ2) is 21.4. The van der Waals surface area contributed by atoms with E-state index in [1.165, 1.54) is 11.3 Å². The number of aliphatic hydroxyl groups is 1. The summed E-state index contributed by atoms with van der Waals surface area (Å²) in [6, 6.07) is 5.62. The number of piperidine rings is 1. The van der Waals surface area contributed by atoms with Crippen LogP contribution < -0.4 is 30.7 Å². The molecule has 63 heavy (non-hydrogen) atoms. The van der Waals surface area contributed by atoms with Crippen LogP contribution in [0.4, 0.5) is 9.93 Å². The molecule has 342 valence electrons. The van der Waals surface area contributed by atoms with Crippen LogP contribution in [-0.2, 0) is 14.4 Å². The Kier molecular flexibility index (Phi) is 16.0. The van der Waals surface area contributed by atoms with Crippen molar-refractivity contribution in [3.05, 3.63) is 54.5 Å². The number of likely N-dealkylation sites (tertiary alicyclic amines) is 2. The van der Waals surface area contributed by atoms with E-state index in [2.05, 4.69) is 27.8 Å². The maximum Gasteiger partial charge on any atom is 0.330 e. The van der Waals surface area contributed by atoms with E-state index in [1.807, 2.05) is 75.6 Å². The molecule has 2 aromatic heterocycles. The van der Waals surface area contributed by atoms with Crippen LogP contribution in [0.25, 0.3) is 22.3 Å². The Bertz CT molecular complexity index is 2130. The quantitative estimate of drug-likeness (QED) is 0.0513. The van der Waals surface area contributed by atoms with Gasteiger partial charge in [-0.25, -0.2) is 19.6 Å². The summed E-state index contributed by atoms with van der Waals surface area (Å²) in [6.45, 7) is 12.6. The number of aliphatic hydroxyl groups excluding tert-OH is 1. The van der Waals surface area contributed by atoms with Crippen LogP contribution in [0, 0.1) is 11.8 Å². The molecular weight excluding hydrogens is 825 g/mol. The topological polar surface area (TPSA) is 208 Å². The van der Waals surface area contributed by atoms with Crippen LogP contribution in [0.1, 0.15) is 85.5 Å². The Labute approximate surface area is 373 Å². The molecule has 0 bridgehead atoms. The lowest BCUT2D eigenvalue weighted by Gasteiger charge is -2.33. The minimum Gasteiger partial charge on any atom is -0.497 e. The molecule has 0 radical (unpaired) electrons. The smallest absolute Gasteiger partial charge is 0.330 e. The van der Waals surface area contributed by atoms with Crippen LogP contribution in [0.2, 0.25) is 0 Å². The first-order valence-corrected chi connectivity index (χ1v) is 23.1. The third-order valence-electron chi connectivity index (χ3n) is 12.0. The van der Waals surface area contributed by atoms with E-state index in [0.29, 0.717) is 53.3 Å². The molecule has 1 aliphatic carbocycles. The van der Waals surface area contributed by atoms with Crippen molar-refractivity contribution in [1.29, 1.82) is 0 Å². The molecule has 3 aliphatic rings. The monoisotopic (exact) mass is 888 g/mol. The number of unbranched alkanes of at least 4 members (excludes halogenated alkanes) is 3. The molecule has 1 aromatic carbocycles. The van der Waals surface area contributed by atoms with Crippen LogP contribution in [0.15, 0.2) is 54.5 Å². The summed E-state index contributed by atoms with van der Waals surface area (Å²) in [5.74, 6) is -0.877. The number of carbonyl (C=O) groups is 4. The highest BCUT2D eigenvalue weighted by Crippen LogP contribution is 2.45. The van der Waals surface area contributed by atoms with Gasteiger partial charge >= 0.3 is 12.0 Å². The van der Waals surface area contributed by atoms with Gasteiger partial charge < -0.3 is 45.9 Å². The molecule has 3 aromatic rings. The van der Waals surface area contributed by atoms with Crippen molar-refractivity contribution >= 4 is 51.2 Å². The Morgan fingerprint density at radius 1 is 1.10 bits per heavy atom. The van der Waals surface area contributed by atoms with Gasteiger partial charge in [-0.2, -0.15) is 0 Å². The summed E-state index contributed by atoms with van der Waals surface area (Å²) in [6.07, 6.45) is 10.0. The lowest BCUT2D eigenvalue weighted by atomic mass is 10.0. The first-order valence-electron chi connectivity index (χ1n) is 22.2. The maximum absolute atomic E-state index is 14.3. The molecule has 0 spiro atoms. The van der Waals surface area contributed by atoms with E-state index in [0.717, 1.165) is 43.7 Å². The molecule has 6 rings (SSSR count). The van der Waals surface area contributed by atoms with E-state index < -0.39 is 41.8 Å². The van der Waals surface area contributed by atoms with Gasteiger partial charge in [-0.1, -0.05) is 32.1 Å². The van der Waals surface area contributed by atoms with E-state index in [1.54, 1.807) is 16.9 Å². The molecule has 4 heterocycles. The number of benzene rings is 1. The number of hydrogen-bond donors (Lipinski definition) is 6. The maximum atomic E-state index is 14.3. The van der Waals surface area contributed by atoms with Crippen molar-refractivity contribution in [3.8, 4) is 22.9 Å². The van der Waals surface area contributed by atoms with Gasteiger partial charge in [0.15, 0.2) is 5.13 Å². The van der Waals surface area contributed by atoms with Crippen LogP contribution >= 0.6 is 11.3 Å². The molecule has 6 atom stereocenters. The Balaban J connectivity index is 1.22. The Morgan fingerprint density at radius 3 is 2.60 bits per heavy atom. The van der Waals surface area contributed by atoms with Crippen molar-refractivity contribution < 1.29 is 38.9 Å². The van der Waals surface area contributed by atoms with Gasteiger partial charge in [0.25, 0.3) is 0 Å². The number of nitrogens with zero attached hydrogens (tertiary/aromatic N) is 4. The Hall–Kier alpha value is -5.26. The highest BCUT2D eigenvalue weighted by atomic mass is 32.1. The van der Waals surface area contributed by atoms with E-state index in [9.17, 15) is 29.4 Å². The standard InChI is InChI=1S/C46H64N8O8S/c1-7-8-9-10-11-12-15-30-23-46(30,43(58)59)52-42(57)38-21-32(25-54(38)41(56)24-47-44(60)50-36(28(2)3)26-53-19-14-13-16-40(53)55)62-39-22-35(37-27-63-45(51-37)48-29(4)5)49-34-20-31(61-6)17-18-33(34)39/h7,12,15,17-18,20,22,27-30,32,36,38,41,56H,1,8-11,13-14,16,19,21,23-26H2,2-6H3,(H,48,51)(H,52,57)(H,58,59)(H2,47,50,60)/b15-12-/t30?,32-,36-,38+,41?,46-/m1/s1. The third-order valence-corrected chi connectivity index (χ3v) is 12.8. The summed E-state index contributed by atoms with van der Waals surface area (Å²) >= 11 is 1.46. The van der Waals surface area contributed by atoms with Crippen LogP contribution in [-0.4, -0.2) is 123 Å². The first kappa shape index (κ1) is 47.2. The van der Waals surface area contributed by atoms with E-state index in [4.69, 9.17) is 19.4 Å². The number of pyridine rings is 1. The number of methoxy groups -OCH3 is 1. The molecule has 6 N–H and O–H groups in total. The second-order valence-electron chi connectivity index (χ2n) is 17.5. The zero-order valence-corrected chi connectivity index (χ0v) is 37.9. The molecule has 2 saturated heterocycles. The minimum absolute atomic E-state index is 0.0278. The molecule has 17 heteroatoms. The lowest BCUT2D eigenvalue weighted by molar-refractivity contribution is -0.145. The number of anilines is 1. The van der Waals surface area contributed by atoms with Crippen molar-refractivity contribution in [3.63, 3.8) is 0 Å². The summed E-state index contributed by atoms with van der Waals surface area (Å²) in [7, 11) is 1.58. The first-order chi connectivity index (χ1) is 30.2. The number of carboxylic acid groups (broad SMARTS) is 1. The van der Waals surface area contributed by atoms with Crippen molar-refractivity contribution in [1.82, 2.24) is 35.7 Å². The number of amides is 4. The molecule has 16 nitrogen and oxygen atoms in total. The Morgan fingerprint density at radius 2 is 1.89 bits per heavy atom. The van der Waals surface area contributed by atoms with Crippen molar-refractivity contribution in [2.24, 2.45) is 11.8 Å². The zero-order chi connectivity index (χ0) is 45.3. The highest BCUT2D eigenvalue weighted by Gasteiger charge is 2.61. The van der Waals surface area contributed by atoms with Crippen LogP contribution in [0.5, 0.6) is 11.5 Å². The fourth-order valence-corrected chi connectivity index (χ4v) is 9.08. The summed E-state index contributed by atoms with van der Waals surface area (Å²) in [5, 5.41) is 37.4. The predicted octanol–water partition coefficient (Wildman–Crippen LogP) is 5.93. The van der Waals surface area contributed by atoms with Gasteiger partial charge in [-0.15, -0.1) is 17.9 Å². The molecule has 1 saturated carbocycles. The fraction of sp³-hybridized carbons (Fsp3) is 0.565. The lowest BCUT2D eigenvalue weighted by Crippen LogP contribution is -2.56. The number of ether oxygens (including phenoxy) is 2. The largest absolute Gasteiger partial charge is 0.497 e. The number of fused-ring (bicyclic) bond motifs is 1. The average molecular weight is 889 g/mol. The number of allylic oxidation sites excluding steroid dienone is 2. The molecule has 2 aliphatic heterocycles. The van der Waals surface area contributed by atoms with Crippen LogP contribution in [0.3, 0.4) is 0 Å². The third kappa shape index (κ3) is 12.1. The molecule has 4 amide bonds. The average Bonchev–Trinajstić information content (AvgIpc) is 3.51. The van der Waals surface area contributed by atoms with Gasteiger partial charge in [0.05, 0.1) is 36.9 Å². The number of hydrogen-bond acceptors (Lipinski definition) is 12. The number of urea groups is 1. The van der Waals surface area contributed by atoms with E-state index >= 15 is 0 Å². The molecular formula is C46H64N8O8S.